The van der Waals surface area contributed by atoms with Crippen LogP contribution in [0.25, 0.3) is 0 Å². The fourth-order valence-corrected chi connectivity index (χ4v) is 5.00. The quantitative estimate of drug-likeness (QED) is 0.872. The molecule has 23 heavy (non-hydrogen) atoms. The molecule has 1 aliphatic carbocycles. The molecule has 0 aromatic carbocycles. The SMILES string of the molecule is CC(C)N1C(=O)C2CNNC2C2CCC(c3ccncc3)CC21. The third-order valence-corrected chi connectivity index (χ3v) is 6.02. The molecule has 1 amide bonds. The Morgan fingerprint density at radius 3 is 2.78 bits per heavy atom. The van der Waals surface area contributed by atoms with Crippen LogP contribution in [0.3, 0.4) is 0 Å². The maximum atomic E-state index is 13.0. The predicted octanol–water partition coefficient (Wildman–Crippen LogP) is 1.68. The highest BCUT2D eigenvalue weighted by molar-refractivity contribution is 5.82. The van der Waals surface area contributed by atoms with E-state index in [2.05, 4.69) is 46.7 Å². The van der Waals surface area contributed by atoms with E-state index in [0.29, 0.717) is 29.8 Å². The van der Waals surface area contributed by atoms with Gasteiger partial charge in [0.1, 0.15) is 0 Å². The van der Waals surface area contributed by atoms with E-state index in [1.165, 1.54) is 18.4 Å². The lowest BCUT2D eigenvalue weighted by atomic mass is 9.67. The van der Waals surface area contributed by atoms with Gasteiger partial charge in [0.2, 0.25) is 5.91 Å². The molecule has 1 aromatic heterocycles. The van der Waals surface area contributed by atoms with Crippen molar-refractivity contribution in [1.29, 1.82) is 0 Å². The van der Waals surface area contributed by atoms with Crippen molar-refractivity contribution in [2.75, 3.05) is 6.54 Å². The molecule has 4 rings (SSSR count). The van der Waals surface area contributed by atoms with Crippen molar-refractivity contribution in [2.24, 2.45) is 11.8 Å². The molecule has 124 valence electrons. The number of amides is 1. The largest absolute Gasteiger partial charge is 0.337 e. The topological polar surface area (TPSA) is 57.3 Å². The molecule has 3 fully saturated rings. The number of piperidine rings is 1. The smallest absolute Gasteiger partial charge is 0.229 e. The zero-order valence-electron chi connectivity index (χ0n) is 13.9. The van der Waals surface area contributed by atoms with Gasteiger partial charge >= 0.3 is 0 Å². The van der Waals surface area contributed by atoms with Crippen LogP contribution in [0.15, 0.2) is 24.5 Å². The van der Waals surface area contributed by atoms with E-state index in [1.54, 1.807) is 0 Å². The summed E-state index contributed by atoms with van der Waals surface area (Å²) in [6, 6.07) is 5.19. The average molecular weight is 314 g/mol. The number of aromatic nitrogens is 1. The van der Waals surface area contributed by atoms with Gasteiger partial charge in [-0.2, -0.15) is 0 Å². The number of nitrogens with one attached hydrogen (secondary N) is 2. The van der Waals surface area contributed by atoms with Gasteiger partial charge in [0, 0.05) is 37.1 Å². The van der Waals surface area contributed by atoms with Gasteiger partial charge in [-0.1, -0.05) is 0 Å². The Bertz CT molecular complexity index is 576. The van der Waals surface area contributed by atoms with Crippen molar-refractivity contribution in [3.05, 3.63) is 30.1 Å². The van der Waals surface area contributed by atoms with Crippen LogP contribution in [-0.4, -0.2) is 40.5 Å². The zero-order valence-corrected chi connectivity index (χ0v) is 13.9. The Morgan fingerprint density at radius 2 is 2.04 bits per heavy atom. The molecule has 5 heteroatoms. The van der Waals surface area contributed by atoms with Crippen molar-refractivity contribution in [3.63, 3.8) is 0 Å². The molecule has 5 unspecified atom stereocenters. The van der Waals surface area contributed by atoms with Crippen LogP contribution in [0.1, 0.15) is 44.6 Å². The van der Waals surface area contributed by atoms with Crippen molar-refractivity contribution in [1.82, 2.24) is 20.7 Å². The first kappa shape index (κ1) is 15.1. The average Bonchev–Trinajstić information content (AvgIpc) is 3.05. The Hall–Kier alpha value is -1.46. The Labute approximate surface area is 137 Å². The number of hydrogen-bond acceptors (Lipinski definition) is 4. The molecule has 2 saturated heterocycles. The number of pyridine rings is 1. The number of rotatable bonds is 2. The molecular formula is C18H26N4O. The fraction of sp³-hybridized carbons (Fsp3) is 0.667. The molecule has 3 heterocycles. The van der Waals surface area contributed by atoms with Crippen molar-refractivity contribution >= 4 is 5.91 Å². The lowest BCUT2D eigenvalue weighted by molar-refractivity contribution is -0.149. The van der Waals surface area contributed by atoms with Crippen LogP contribution in [0.4, 0.5) is 0 Å². The normalized spacial score (nSPS) is 36.9. The molecule has 5 nitrogen and oxygen atoms in total. The summed E-state index contributed by atoms with van der Waals surface area (Å²) in [5.74, 6) is 1.54. The highest BCUT2D eigenvalue weighted by Gasteiger charge is 2.52. The number of likely N-dealkylation sites (tertiary alicyclic amines) is 1. The van der Waals surface area contributed by atoms with Crippen LogP contribution < -0.4 is 10.9 Å². The van der Waals surface area contributed by atoms with Crippen LogP contribution in [0.2, 0.25) is 0 Å². The van der Waals surface area contributed by atoms with E-state index in [0.717, 1.165) is 13.0 Å². The van der Waals surface area contributed by atoms with Gasteiger partial charge in [0.05, 0.1) is 5.92 Å². The lowest BCUT2D eigenvalue weighted by Crippen LogP contribution is -2.63. The standard InChI is InChI=1S/C18H26N4O/c1-11(2)22-16-9-13(12-5-7-19-8-6-12)3-4-14(16)17-15(18(22)23)10-20-21-17/h5-8,11,13-17,20-21H,3-4,9-10H2,1-2H3. The third kappa shape index (κ3) is 2.46. The summed E-state index contributed by atoms with van der Waals surface area (Å²) in [6.07, 6.45) is 7.22. The molecular weight excluding hydrogens is 288 g/mol. The number of nitrogens with zero attached hydrogens (tertiary/aromatic N) is 2. The summed E-state index contributed by atoms with van der Waals surface area (Å²) < 4.78 is 0. The van der Waals surface area contributed by atoms with E-state index < -0.39 is 0 Å². The van der Waals surface area contributed by atoms with Gasteiger partial charge in [-0.25, -0.2) is 0 Å². The molecule has 1 saturated carbocycles. The van der Waals surface area contributed by atoms with Crippen LogP contribution in [0, 0.1) is 11.8 Å². The predicted molar refractivity (Wildman–Crippen MR) is 88.5 cm³/mol. The number of fused-ring (bicyclic) bond motifs is 3. The molecule has 3 aliphatic rings. The van der Waals surface area contributed by atoms with Gasteiger partial charge in [0.15, 0.2) is 0 Å². The van der Waals surface area contributed by atoms with Gasteiger partial charge in [-0.15, -0.1) is 0 Å². The first-order chi connectivity index (χ1) is 11.2. The minimum atomic E-state index is 0.108. The van der Waals surface area contributed by atoms with Crippen LogP contribution >= 0.6 is 0 Å². The number of hydrogen-bond donors (Lipinski definition) is 2. The Morgan fingerprint density at radius 1 is 1.26 bits per heavy atom. The molecule has 0 radical (unpaired) electrons. The Balaban J connectivity index is 1.63. The maximum absolute atomic E-state index is 13.0. The molecule has 5 atom stereocenters. The summed E-state index contributed by atoms with van der Waals surface area (Å²) in [4.78, 5) is 19.3. The maximum Gasteiger partial charge on any atom is 0.229 e. The highest BCUT2D eigenvalue weighted by Crippen LogP contribution is 2.45. The highest BCUT2D eigenvalue weighted by atomic mass is 16.2. The second kappa shape index (κ2) is 5.87. The fourth-order valence-electron chi connectivity index (χ4n) is 5.00. The van der Waals surface area contributed by atoms with E-state index in [-0.39, 0.29) is 12.0 Å². The van der Waals surface area contributed by atoms with Crippen LogP contribution in [-0.2, 0) is 4.79 Å². The summed E-state index contributed by atoms with van der Waals surface area (Å²) in [7, 11) is 0. The number of carbonyl (C=O) groups excluding carboxylic acids is 1. The monoisotopic (exact) mass is 314 g/mol. The summed E-state index contributed by atoms with van der Waals surface area (Å²) in [5.41, 5.74) is 7.99. The molecule has 0 bridgehead atoms. The second-order valence-corrected chi connectivity index (χ2v) is 7.52. The summed E-state index contributed by atoms with van der Waals surface area (Å²) in [5, 5.41) is 0. The molecule has 0 spiro atoms. The first-order valence-electron chi connectivity index (χ1n) is 8.87. The summed E-state index contributed by atoms with van der Waals surface area (Å²) in [6.45, 7) is 5.08. The van der Waals surface area contributed by atoms with E-state index in [4.69, 9.17) is 0 Å². The minimum Gasteiger partial charge on any atom is -0.337 e. The van der Waals surface area contributed by atoms with E-state index >= 15 is 0 Å². The van der Waals surface area contributed by atoms with E-state index in [9.17, 15) is 4.79 Å². The Kier molecular flexibility index (Phi) is 3.85. The van der Waals surface area contributed by atoms with E-state index in [1.807, 2.05) is 12.4 Å². The zero-order chi connectivity index (χ0) is 16.0. The third-order valence-electron chi connectivity index (χ3n) is 6.02. The van der Waals surface area contributed by atoms with Crippen molar-refractivity contribution < 1.29 is 4.79 Å². The number of carbonyl (C=O) groups is 1. The summed E-state index contributed by atoms with van der Waals surface area (Å²) >= 11 is 0. The van der Waals surface area contributed by atoms with Gasteiger partial charge in [-0.3, -0.25) is 20.6 Å². The van der Waals surface area contributed by atoms with Crippen LogP contribution in [0.5, 0.6) is 0 Å². The molecule has 1 aromatic rings. The van der Waals surface area contributed by atoms with Crippen molar-refractivity contribution in [3.8, 4) is 0 Å². The molecule has 2 aliphatic heterocycles. The van der Waals surface area contributed by atoms with Gasteiger partial charge < -0.3 is 4.90 Å². The first-order valence-corrected chi connectivity index (χ1v) is 8.87. The second-order valence-electron chi connectivity index (χ2n) is 7.52. The van der Waals surface area contributed by atoms with Crippen molar-refractivity contribution in [2.45, 2.75) is 57.2 Å². The minimum absolute atomic E-state index is 0.108. The van der Waals surface area contributed by atoms with Gasteiger partial charge in [0.25, 0.3) is 0 Å². The van der Waals surface area contributed by atoms with Gasteiger partial charge in [-0.05, 0) is 62.6 Å². The lowest BCUT2D eigenvalue weighted by Gasteiger charge is -2.52. The number of hydrazine groups is 1. The molecule has 2 N–H and O–H groups in total.